The molecule has 0 heterocycles. The maximum absolute atomic E-state index is 5.21. The van der Waals surface area contributed by atoms with Crippen LogP contribution in [0.5, 0.6) is 0 Å². The van der Waals surface area contributed by atoms with E-state index in [1.54, 1.807) is 11.8 Å². The van der Waals surface area contributed by atoms with Crippen LogP contribution >= 0.6 is 11.8 Å². The Kier molecular flexibility index (Phi) is 4.58. The van der Waals surface area contributed by atoms with Crippen molar-refractivity contribution in [1.29, 1.82) is 0 Å². The van der Waals surface area contributed by atoms with Crippen LogP contribution in [0.15, 0.2) is 0 Å². The molecule has 0 fully saturated rings. The Morgan fingerprint density at radius 3 is 2.45 bits per heavy atom. The van der Waals surface area contributed by atoms with Crippen LogP contribution in [0.3, 0.4) is 0 Å². The normalized spacial score (nSPS) is 14.1. The molecule has 0 aliphatic heterocycles. The van der Waals surface area contributed by atoms with Crippen LogP contribution < -0.4 is 11.3 Å². The van der Waals surface area contributed by atoms with Crippen molar-refractivity contribution in [3.63, 3.8) is 0 Å². The van der Waals surface area contributed by atoms with Crippen molar-refractivity contribution in [3.05, 3.63) is 0 Å². The number of terminal acetylenes is 1. The van der Waals surface area contributed by atoms with Crippen molar-refractivity contribution in [3.8, 4) is 12.3 Å². The minimum atomic E-state index is -0.0146. The number of rotatable bonds is 3. The Morgan fingerprint density at radius 2 is 2.18 bits per heavy atom. The molecule has 0 bridgehead atoms. The summed E-state index contributed by atoms with van der Waals surface area (Å²) in [5.74, 6) is 8.63. The molecule has 0 aliphatic carbocycles. The molecule has 0 radical (unpaired) electrons. The fourth-order valence-electron chi connectivity index (χ4n) is 0.478. The van der Waals surface area contributed by atoms with Gasteiger partial charge < -0.3 is 0 Å². The summed E-state index contributed by atoms with van der Waals surface area (Å²) < 4.78 is 0.256. The van der Waals surface area contributed by atoms with Crippen molar-refractivity contribution >= 4 is 11.8 Å². The molecule has 11 heavy (non-hydrogen) atoms. The first kappa shape index (κ1) is 10.8. The van der Waals surface area contributed by atoms with Gasteiger partial charge in [0.2, 0.25) is 0 Å². The van der Waals surface area contributed by atoms with E-state index in [9.17, 15) is 0 Å². The Hall–Kier alpha value is -0.170. The summed E-state index contributed by atoms with van der Waals surface area (Å²) in [4.78, 5) is 0. The highest BCUT2D eigenvalue weighted by Crippen LogP contribution is 2.23. The van der Waals surface area contributed by atoms with Crippen LogP contribution in [0, 0.1) is 12.3 Å². The summed E-state index contributed by atoms with van der Waals surface area (Å²) >= 11 is 1.81. The second kappa shape index (κ2) is 4.66. The zero-order chi connectivity index (χ0) is 8.91. The molecule has 0 spiro atoms. The van der Waals surface area contributed by atoms with E-state index in [4.69, 9.17) is 12.3 Å². The second-order valence-corrected chi connectivity index (χ2v) is 5.16. The second-order valence-electron chi connectivity index (χ2n) is 3.31. The largest absolute Gasteiger partial charge is 0.270 e. The topological polar surface area (TPSA) is 38.0 Å². The van der Waals surface area contributed by atoms with E-state index in [1.165, 1.54) is 0 Å². The zero-order valence-electron chi connectivity index (χ0n) is 7.35. The van der Waals surface area contributed by atoms with Gasteiger partial charge in [0.05, 0.1) is 6.04 Å². The van der Waals surface area contributed by atoms with Gasteiger partial charge in [0.1, 0.15) is 0 Å². The van der Waals surface area contributed by atoms with Gasteiger partial charge in [-0.1, -0.05) is 26.7 Å². The summed E-state index contributed by atoms with van der Waals surface area (Å²) in [6.45, 7) is 6.46. The molecule has 3 N–H and O–H groups in total. The fraction of sp³-hybridized carbons (Fsp3) is 0.750. The summed E-state index contributed by atoms with van der Waals surface area (Å²) in [6, 6.07) is -0.0146. The monoisotopic (exact) mass is 172 g/mol. The number of nitrogens with two attached hydrogens (primary N) is 1. The van der Waals surface area contributed by atoms with Crippen molar-refractivity contribution < 1.29 is 0 Å². The molecule has 2 nitrogen and oxygen atoms in total. The molecular formula is C8H16N2S. The van der Waals surface area contributed by atoms with Gasteiger partial charge in [0.15, 0.2) is 0 Å². The van der Waals surface area contributed by atoms with E-state index < -0.39 is 0 Å². The van der Waals surface area contributed by atoms with Gasteiger partial charge in [-0.2, -0.15) is 11.8 Å². The lowest BCUT2D eigenvalue weighted by molar-refractivity contribution is 0.688. The lowest BCUT2D eigenvalue weighted by Gasteiger charge is -2.19. The average Bonchev–Trinajstić information content (AvgIpc) is 1.88. The Labute approximate surface area is 73.3 Å². The number of hydrogen-bond donors (Lipinski definition) is 2. The third-order valence-corrected chi connectivity index (χ3v) is 2.45. The lowest BCUT2D eigenvalue weighted by Crippen LogP contribution is -2.36. The molecule has 0 saturated carbocycles. The molecule has 0 aromatic heterocycles. The average molecular weight is 172 g/mol. The quantitative estimate of drug-likeness (QED) is 0.379. The molecule has 0 aromatic carbocycles. The van der Waals surface area contributed by atoms with Crippen LogP contribution in [0.25, 0.3) is 0 Å². The van der Waals surface area contributed by atoms with Gasteiger partial charge in [0, 0.05) is 10.5 Å². The summed E-state index contributed by atoms with van der Waals surface area (Å²) in [5.41, 5.74) is 2.57. The predicted octanol–water partition coefficient (Wildman–Crippen LogP) is 0.983. The highest BCUT2D eigenvalue weighted by atomic mass is 32.2. The summed E-state index contributed by atoms with van der Waals surface area (Å²) in [6.07, 6.45) is 5.21. The van der Waals surface area contributed by atoms with Crippen molar-refractivity contribution in [2.75, 3.05) is 5.75 Å². The molecule has 0 aliphatic rings. The fourth-order valence-corrected chi connectivity index (χ4v) is 1.34. The highest BCUT2D eigenvalue weighted by Gasteiger charge is 2.12. The smallest absolute Gasteiger partial charge is 0.0905 e. The Bertz CT molecular complexity index is 143. The van der Waals surface area contributed by atoms with Crippen LogP contribution in [0.1, 0.15) is 20.8 Å². The van der Waals surface area contributed by atoms with E-state index >= 15 is 0 Å². The van der Waals surface area contributed by atoms with E-state index in [-0.39, 0.29) is 10.8 Å². The maximum Gasteiger partial charge on any atom is 0.0905 e. The Balaban J connectivity index is 3.62. The lowest BCUT2D eigenvalue weighted by atomic mass is 10.3. The standard InChI is InChI=1S/C8H16N2S/c1-5-7(10-9)6-11-8(2,3)4/h1,7,10H,6,9H2,2-4H3. The van der Waals surface area contributed by atoms with Crippen molar-refractivity contribution in [1.82, 2.24) is 5.43 Å². The minimum Gasteiger partial charge on any atom is -0.270 e. The van der Waals surface area contributed by atoms with E-state index in [0.717, 1.165) is 5.75 Å². The molecule has 3 heteroatoms. The van der Waals surface area contributed by atoms with Crippen LogP contribution in [-0.4, -0.2) is 16.5 Å². The van der Waals surface area contributed by atoms with Crippen molar-refractivity contribution in [2.24, 2.45) is 5.84 Å². The number of nitrogens with one attached hydrogen (secondary N) is 1. The molecule has 1 atom stereocenters. The zero-order valence-corrected chi connectivity index (χ0v) is 8.16. The van der Waals surface area contributed by atoms with Crippen LogP contribution in [0.2, 0.25) is 0 Å². The van der Waals surface area contributed by atoms with Gasteiger partial charge in [-0.3, -0.25) is 5.84 Å². The molecule has 0 rings (SSSR count). The molecule has 0 saturated heterocycles. The summed E-state index contributed by atoms with van der Waals surface area (Å²) in [5, 5.41) is 0. The van der Waals surface area contributed by atoms with Gasteiger partial charge in [-0.05, 0) is 0 Å². The van der Waals surface area contributed by atoms with Crippen molar-refractivity contribution in [2.45, 2.75) is 31.6 Å². The molecule has 64 valence electrons. The van der Waals surface area contributed by atoms with Gasteiger partial charge in [-0.25, -0.2) is 5.43 Å². The molecule has 0 amide bonds. The highest BCUT2D eigenvalue weighted by molar-refractivity contribution is 8.00. The number of thioether (sulfide) groups is 1. The van der Waals surface area contributed by atoms with Gasteiger partial charge >= 0.3 is 0 Å². The first-order valence-electron chi connectivity index (χ1n) is 3.56. The van der Waals surface area contributed by atoms with E-state index in [0.29, 0.717) is 0 Å². The maximum atomic E-state index is 5.21. The van der Waals surface area contributed by atoms with Crippen LogP contribution in [-0.2, 0) is 0 Å². The predicted molar refractivity (Wildman–Crippen MR) is 52.2 cm³/mol. The number of hydrogen-bond acceptors (Lipinski definition) is 3. The third-order valence-electron chi connectivity index (χ3n) is 1.09. The van der Waals surface area contributed by atoms with E-state index in [2.05, 4.69) is 32.1 Å². The summed E-state index contributed by atoms with van der Waals surface area (Å²) in [7, 11) is 0. The van der Waals surface area contributed by atoms with Crippen LogP contribution in [0.4, 0.5) is 0 Å². The first-order chi connectivity index (χ1) is 4.99. The third kappa shape index (κ3) is 6.24. The molecular weight excluding hydrogens is 156 g/mol. The minimum absolute atomic E-state index is 0.0146. The van der Waals surface area contributed by atoms with Gasteiger partial charge in [-0.15, -0.1) is 6.42 Å². The Morgan fingerprint density at radius 1 is 1.64 bits per heavy atom. The molecule has 0 aromatic rings. The first-order valence-corrected chi connectivity index (χ1v) is 4.54. The van der Waals surface area contributed by atoms with E-state index in [1.807, 2.05) is 0 Å². The van der Waals surface area contributed by atoms with Gasteiger partial charge in [0.25, 0.3) is 0 Å². The number of hydrazine groups is 1. The molecule has 1 unspecified atom stereocenters. The SMILES string of the molecule is C#CC(CSC(C)(C)C)NN.